The van der Waals surface area contributed by atoms with Crippen LogP contribution in [0, 0.1) is 0 Å². The highest BCUT2D eigenvalue weighted by atomic mass is 79.9. The van der Waals surface area contributed by atoms with Crippen molar-refractivity contribution in [1.82, 2.24) is 0 Å². The lowest BCUT2D eigenvalue weighted by Gasteiger charge is -2.11. The monoisotopic (exact) mass is 463 g/mol. The molecule has 0 fully saturated rings. The molecule has 0 bridgehead atoms. The summed E-state index contributed by atoms with van der Waals surface area (Å²) in [7, 11) is 1.43. The zero-order chi connectivity index (χ0) is 20.3. The van der Waals surface area contributed by atoms with Gasteiger partial charge in [-0.15, -0.1) is 0 Å². The molecule has 3 rings (SSSR count). The quantitative estimate of drug-likeness (QED) is 0.362. The average Bonchev–Trinajstić information content (AvgIpc) is 3.04. The predicted octanol–water partition coefficient (Wildman–Crippen LogP) is 4.77. The molecule has 0 radical (unpaired) electrons. The lowest BCUT2D eigenvalue weighted by atomic mass is 10.1. The van der Waals surface area contributed by atoms with Crippen LogP contribution in [0.3, 0.4) is 0 Å². The fraction of sp³-hybridized carbons (Fsp3) is 0.150. The summed E-state index contributed by atoms with van der Waals surface area (Å²) < 4.78 is 16.6. The number of carbonyl (C=O) groups excluding carboxylic acids is 2. The molecule has 6 nitrogen and oxygen atoms in total. The van der Waals surface area contributed by atoms with E-state index < -0.39 is 11.9 Å². The predicted molar refractivity (Wildman–Crippen MR) is 109 cm³/mol. The van der Waals surface area contributed by atoms with Crippen molar-refractivity contribution in [2.24, 2.45) is 4.99 Å². The third kappa shape index (κ3) is 4.43. The SMILES string of the molecule is CCC(=O)Oc1c(Cl)cc(/C=C2\N=C(c3cccc(Br)c3)OC2=O)cc1OC. The zero-order valence-corrected chi connectivity index (χ0v) is 17.3. The summed E-state index contributed by atoms with van der Waals surface area (Å²) in [5.74, 6) is -0.404. The highest BCUT2D eigenvalue weighted by Gasteiger charge is 2.25. The van der Waals surface area contributed by atoms with Crippen LogP contribution in [0.15, 0.2) is 51.6 Å². The van der Waals surface area contributed by atoms with Crippen molar-refractivity contribution in [3.63, 3.8) is 0 Å². The molecule has 1 heterocycles. The van der Waals surface area contributed by atoms with Crippen LogP contribution >= 0.6 is 27.5 Å². The van der Waals surface area contributed by atoms with E-state index >= 15 is 0 Å². The number of rotatable bonds is 5. The van der Waals surface area contributed by atoms with E-state index in [0.717, 1.165) is 4.47 Å². The van der Waals surface area contributed by atoms with E-state index in [1.165, 1.54) is 13.2 Å². The Hall–Kier alpha value is -2.64. The van der Waals surface area contributed by atoms with Crippen LogP contribution in [-0.4, -0.2) is 24.9 Å². The normalized spacial score (nSPS) is 14.6. The van der Waals surface area contributed by atoms with Crippen molar-refractivity contribution in [2.75, 3.05) is 7.11 Å². The van der Waals surface area contributed by atoms with Crippen LogP contribution in [0.2, 0.25) is 5.02 Å². The first-order chi connectivity index (χ1) is 13.4. The number of carbonyl (C=O) groups is 2. The average molecular weight is 465 g/mol. The first-order valence-electron chi connectivity index (χ1n) is 8.28. The molecule has 0 spiro atoms. The minimum atomic E-state index is -0.577. The van der Waals surface area contributed by atoms with Gasteiger partial charge >= 0.3 is 11.9 Å². The molecule has 2 aromatic rings. The Morgan fingerprint density at radius 2 is 2.11 bits per heavy atom. The molecule has 0 N–H and O–H groups in total. The molecule has 8 heteroatoms. The minimum absolute atomic E-state index is 0.117. The van der Waals surface area contributed by atoms with Gasteiger partial charge in [0, 0.05) is 16.5 Å². The summed E-state index contributed by atoms with van der Waals surface area (Å²) in [6, 6.07) is 10.4. The molecule has 28 heavy (non-hydrogen) atoms. The van der Waals surface area contributed by atoms with Gasteiger partial charge in [-0.1, -0.05) is 40.5 Å². The van der Waals surface area contributed by atoms with Gasteiger partial charge < -0.3 is 14.2 Å². The molecule has 0 amide bonds. The highest BCUT2D eigenvalue weighted by molar-refractivity contribution is 9.10. The Bertz CT molecular complexity index is 1020. The zero-order valence-electron chi connectivity index (χ0n) is 15.0. The van der Waals surface area contributed by atoms with E-state index in [1.54, 1.807) is 31.2 Å². The highest BCUT2D eigenvalue weighted by Crippen LogP contribution is 2.37. The maximum absolute atomic E-state index is 12.2. The second-order valence-electron chi connectivity index (χ2n) is 5.71. The number of nitrogens with zero attached hydrogens (tertiary/aromatic N) is 1. The first kappa shape index (κ1) is 20.1. The lowest BCUT2D eigenvalue weighted by Crippen LogP contribution is -2.07. The van der Waals surface area contributed by atoms with Crippen LogP contribution in [0.4, 0.5) is 0 Å². The van der Waals surface area contributed by atoms with E-state index in [9.17, 15) is 9.59 Å². The second-order valence-corrected chi connectivity index (χ2v) is 7.03. The van der Waals surface area contributed by atoms with E-state index in [4.69, 9.17) is 25.8 Å². The molecule has 0 aromatic heterocycles. The van der Waals surface area contributed by atoms with Crippen LogP contribution in [-0.2, 0) is 14.3 Å². The standard InChI is InChI=1S/C20H15BrClNO5/c1-3-17(24)27-18-14(22)7-11(9-16(18)26-2)8-15-20(25)28-19(23-15)12-5-4-6-13(21)10-12/h4-10H,3H2,1-2H3/b15-8-. The van der Waals surface area contributed by atoms with Gasteiger partial charge in [-0.05, 0) is 42.0 Å². The van der Waals surface area contributed by atoms with Gasteiger partial charge in [0.15, 0.2) is 17.2 Å². The second kappa shape index (κ2) is 8.58. The number of hydrogen-bond donors (Lipinski definition) is 0. The summed E-state index contributed by atoms with van der Waals surface area (Å²) in [4.78, 5) is 28.0. The topological polar surface area (TPSA) is 74.2 Å². The number of methoxy groups -OCH3 is 1. The van der Waals surface area contributed by atoms with Gasteiger partial charge in [-0.25, -0.2) is 9.79 Å². The summed E-state index contributed by atoms with van der Waals surface area (Å²) in [5, 5.41) is 0.176. The Kier molecular flexibility index (Phi) is 6.16. The number of cyclic esters (lactones) is 1. The molecule has 144 valence electrons. The van der Waals surface area contributed by atoms with Gasteiger partial charge in [0.05, 0.1) is 12.1 Å². The van der Waals surface area contributed by atoms with Crippen molar-refractivity contribution in [2.45, 2.75) is 13.3 Å². The van der Waals surface area contributed by atoms with Crippen molar-refractivity contribution in [3.05, 3.63) is 62.7 Å². The van der Waals surface area contributed by atoms with Gasteiger partial charge in [-0.3, -0.25) is 4.79 Å². The van der Waals surface area contributed by atoms with E-state index in [2.05, 4.69) is 20.9 Å². The fourth-order valence-electron chi connectivity index (χ4n) is 2.42. The number of esters is 2. The number of ether oxygens (including phenoxy) is 3. The molecule has 0 atom stereocenters. The Balaban J connectivity index is 1.95. The maximum Gasteiger partial charge on any atom is 0.363 e. The third-order valence-corrected chi connectivity index (χ3v) is 4.53. The largest absolute Gasteiger partial charge is 0.493 e. The van der Waals surface area contributed by atoms with E-state index in [-0.39, 0.29) is 34.5 Å². The number of hydrogen-bond acceptors (Lipinski definition) is 6. The Morgan fingerprint density at radius 1 is 1.32 bits per heavy atom. The van der Waals surface area contributed by atoms with Gasteiger partial charge in [0.2, 0.25) is 5.90 Å². The molecule has 0 saturated carbocycles. The summed E-state index contributed by atoms with van der Waals surface area (Å²) >= 11 is 9.61. The van der Waals surface area contributed by atoms with Gasteiger partial charge in [0.25, 0.3) is 0 Å². The molecular weight excluding hydrogens is 450 g/mol. The molecule has 2 aromatic carbocycles. The van der Waals surface area contributed by atoms with E-state index in [0.29, 0.717) is 11.1 Å². The van der Waals surface area contributed by atoms with Crippen LogP contribution in [0.1, 0.15) is 24.5 Å². The third-order valence-electron chi connectivity index (χ3n) is 3.75. The van der Waals surface area contributed by atoms with Crippen LogP contribution in [0.5, 0.6) is 11.5 Å². The Labute approximate surface area is 174 Å². The summed E-state index contributed by atoms with van der Waals surface area (Å²) in [5.41, 5.74) is 1.33. The van der Waals surface area contributed by atoms with Crippen molar-refractivity contribution >= 4 is 51.4 Å². The summed E-state index contributed by atoms with van der Waals surface area (Å²) in [6.07, 6.45) is 1.72. The molecular formula is C20H15BrClNO5. The van der Waals surface area contributed by atoms with Gasteiger partial charge in [0.1, 0.15) is 0 Å². The van der Waals surface area contributed by atoms with Crippen LogP contribution in [0.25, 0.3) is 6.08 Å². The van der Waals surface area contributed by atoms with Crippen molar-refractivity contribution in [1.29, 1.82) is 0 Å². The van der Waals surface area contributed by atoms with E-state index in [1.807, 2.05) is 12.1 Å². The first-order valence-corrected chi connectivity index (χ1v) is 9.45. The number of benzene rings is 2. The lowest BCUT2D eigenvalue weighted by molar-refractivity contribution is -0.134. The van der Waals surface area contributed by atoms with Crippen molar-refractivity contribution < 1.29 is 23.8 Å². The molecule has 0 unspecified atom stereocenters. The molecule has 1 aliphatic heterocycles. The summed E-state index contributed by atoms with van der Waals surface area (Å²) in [6.45, 7) is 1.67. The molecule has 0 aliphatic carbocycles. The smallest absolute Gasteiger partial charge is 0.363 e. The number of aliphatic imine (C=N–C) groups is 1. The maximum atomic E-state index is 12.2. The minimum Gasteiger partial charge on any atom is -0.493 e. The van der Waals surface area contributed by atoms with Gasteiger partial charge in [-0.2, -0.15) is 0 Å². The van der Waals surface area contributed by atoms with Crippen molar-refractivity contribution in [3.8, 4) is 11.5 Å². The van der Waals surface area contributed by atoms with Crippen LogP contribution < -0.4 is 9.47 Å². The molecule has 1 aliphatic rings. The Morgan fingerprint density at radius 3 is 2.79 bits per heavy atom. The fourth-order valence-corrected chi connectivity index (χ4v) is 3.08. The number of halogens is 2. The molecule has 0 saturated heterocycles.